The van der Waals surface area contributed by atoms with Crippen LogP contribution < -0.4 is 5.32 Å². The molecule has 1 saturated heterocycles. The van der Waals surface area contributed by atoms with E-state index in [9.17, 15) is 9.18 Å². The van der Waals surface area contributed by atoms with Crippen LogP contribution in [0.5, 0.6) is 0 Å². The maximum absolute atomic E-state index is 13.1. The van der Waals surface area contributed by atoms with Gasteiger partial charge in [0.1, 0.15) is 23.5 Å². The molecule has 1 unspecified atom stereocenters. The number of aromatic nitrogens is 2. The summed E-state index contributed by atoms with van der Waals surface area (Å²) in [5.74, 6) is 1.09. The lowest BCUT2D eigenvalue weighted by molar-refractivity contribution is -0.128. The Morgan fingerprint density at radius 3 is 2.61 bits per heavy atom. The molecule has 0 saturated carbocycles. The molecule has 6 nitrogen and oxygen atoms in total. The Labute approximate surface area is 165 Å². The molecule has 1 aliphatic rings. The highest BCUT2D eigenvalue weighted by Crippen LogP contribution is 2.23. The molecule has 150 valence electrons. The van der Waals surface area contributed by atoms with E-state index < -0.39 is 0 Å². The molecule has 2 aromatic rings. The lowest BCUT2D eigenvalue weighted by Crippen LogP contribution is -2.33. The van der Waals surface area contributed by atoms with Crippen LogP contribution in [0, 0.1) is 5.82 Å². The van der Waals surface area contributed by atoms with E-state index in [2.05, 4.69) is 15.3 Å². The Kier molecular flexibility index (Phi) is 5.93. The van der Waals surface area contributed by atoms with E-state index in [4.69, 9.17) is 4.74 Å². The topological polar surface area (TPSA) is 67.3 Å². The van der Waals surface area contributed by atoms with E-state index >= 15 is 0 Å². The number of nitrogens with one attached hydrogen (secondary N) is 1. The summed E-state index contributed by atoms with van der Waals surface area (Å²) in [7, 11) is 1.62. The molecule has 0 bridgehead atoms. The number of halogens is 1. The van der Waals surface area contributed by atoms with E-state index in [1.165, 1.54) is 12.1 Å². The number of benzene rings is 1. The zero-order chi connectivity index (χ0) is 20.3. The van der Waals surface area contributed by atoms with Crippen LogP contribution in [-0.2, 0) is 28.1 Å². The second kappa shape index (κ2) is 8.22. The third-order valence-corrected chi connectivity index (χ3v) is 4.65. The minimum Gasteiger partial charge on any atom is -0.378 e. The first kappa shape index (κ1) is 20.2. The van der Waals surface area contributed by atoms with Gasteiger partial charge in [0, 0.05) is 31.7 Å². The quantitative estimate of drug-likeness (QED) is 0.825. The molecule has 1 aromatic heterocycles. The van der Waals surface area contributed by atoms with Crippen molar-refractivity contribution in [3.8, 4) is 0 Å². The van der Waals surface area contributed by atoms with Crippen LogP contribution in [-0.4, -0.2) is 40.5 Å². The van der Waals surface area contributed by atoms with Gasteiger partial charge < -0.3 is 15.0 Å². The summed E-state index contributed by atoms with van der Waals surface area (Å²) in [5.41, 5.74) is 1.47. The van der Waals surface area contributed by atoms with Crippen molar-refractivity contribution in [2.24, 2.45) is 0 Å². The Balaban J connectivity index is 1.72. The van der Waals surface area contributed by atoms with Crippen molar-refractivity contribution in [1.82, 2.24) is 14.9 Å². The van der Waals surface area contributed by atoms with Crippen molar-refractivity contribution in [1.29, 1.82) is 0 Å². The lowest BCUT2D eigenvalue weighted by atomic mass is 9.95. The summed E-state index contributed by atoms with van der Waals surface area (Å²) in [5, 5.41) is 3.27. The second-order valence-corrected chi connectivity index (χ2v) is 8.12. The van der Waals surface area contributed by atoms with Gasteiger partial charge in [0.25, 0.3) is 0 Å². The van der Waals surface area contributed by atoms with Crippen molar-refractivity contribution < 1.29 is 13.9 Å². The summed E-state index contributed by atoms with van der Waals surface area (Å²) in [6.45, 7) is 7.66. The lowest BCUT2D eigenvalue weighted by Gasteiger charge is -2.21. The highest BCUT2D eigenvalue weighted by atomic mass is 19.1. The number of likely N-dealkylation sites (tertiary alicyclic amines) is 1. The minimum absolute atomic E-state index is 0.0218. The molecule has 0 radical (unpaired) electrons. The van der Waals surface area contributed by atoms with Crippen LogP contribution >= 0.6 is 0 Å². The molecule has 2 heterocycles. The maximum Gasteiger partial charge on any atom is 0.245 e. The number of hydrogen-bond acceptors (Lipinski definition) is 5. The maximum atomic E-state index is 13.1. The van der Waals surface area contributed by atoms with Crippen LogP contribution in [0.3, 0.4) is 0 Å². The third kappa shape index (κ3) is 4.84. The summed E-state index contributed by atoms with van der Waals surface area (Å²) in [6, 6.07) is 7.74. The normalized spacial score (nSPS) is 17.2. The molecule has 1 aromatic carbocycles. The van der Waals surface area contributed by atoms with Crippen LogP contribution in [0.15, 0.2) is 30.3 Å². The van der Waals surface area contributed by atoms with Crippen molar-refractivity contribution >= 4 is 11.7 Å². The molecular weight excluding hydrogens is 359 g/mol. The first-order chi connectivity index (χ1) is 13.3. The average Bonchev–Trinajstić information content (AvgIpc) is 2.96. The van der Waals surface area contributed by atoms with Gasteiger partial charge >= 0.3 is 0 Å². The molecule has 1 aliphatic heterocycles. The fourth-order valence-electron chi connectivity index (χ4n) is 3.15. The molecule has 0 spiro atoms. The van der Waals surface area contributed by atoms with E-state index in [1.807, 2.05) is 26.8 Å². The highest BCUT2D eigenvalue weighted by molar-refractivity contribution is 5.86. The zero-order valence-electron chi connectivity index (χ0n) is 16.8. The van der Waals surface area contributed by atoms with Gasteiger partial charge in [-0.05, 0) is 24.1 Å². The molecule has 28 heavy (non-hydrogen) atoms. The largest absolute Gasteiger partial charge is 0.378 e. The van der Waals surface area contributed by atoms with Gasteiger partial charge in [0.05, 0.1) is 12.3 Å². The van der Waals surface area contributed by atoms with Gasteiger partial charge in [0.15, 0.2) is 0 Å². The predicted molar refractivity (Wildman–Crippen MR) is 105 cm³/mol. The molecule has 1 amide bonds. The van der Waals surface area contributed by atoms with E-state index in [1.54, 1.807) is 24.1 Å². The fourth-order valence-corrected chi connectivity index (χ4v) is 3.15. The third-order valence-electron chi connectivity index (χ3n) is 4.65. The number of amides is 1. The molecule has 1 N–H and O–H groups in total. The Hall–Kier alpha value is -2.54. The van der Waals surface area contributed by atoms with E-state index in [0.29, 0.717) is 37.8 Å². The van der Waals surface area contributed by atoms with Crippen molar-refractivity contribution in [3.05, 3.63) is 53.2 Å². The van der Waals surface area contributed by atoms with Gasteiger partial charge in [-0.15, -0.1) is 0 Å². The van der Waals surface area contributed by atoms with E-state index in [-0.39, 0.29) is 23.2 Å². The Morgan fingerprint density at radius 1 is 1.25 bits per heavy atom. The number of carbonyl (C=O) groups excluding carboxylic acids is 1. The summed E-state index contributed by atoms with van der Waals surface area (Å²) in [4.78, 5) is 23.8. The number of anilines is 1. The average molecular weight is 386 g/mol. The zero-order valence-corrected chi connectivity index (χ0v) is 16.8. The van der Waals surface area contributed by atoms with Crippen LogP contribution in [0.2, 0.25) is 0 Å². The van der Waals surface area contributed by atoms with Gasteiger partial charge in [0.2, 0.25) is 5.91 Å². The molecule has 1 fully saturated rings. The number of ether oxygens (including phenoxy) is 1. The molecule has 1 atom stereocenters. The second-order valence-electron chi connectivity index (χ2n) is 8.12. The molecule has 7 heteroatoms. The van der Waals surface area contributed by atoms with Crippen LogP contribution in [0.1, 0.15) is 44.3 Å². The summed E-state index contributed by atoms with van der Waals surface area (Å²) < 4.78 is 18.3. The van der Waals surface area contributed by atoms with E-state index in [0.717, 1.165) is 11.3 Å². The number of hydrogen-bond donors (Lipinski definition) is 1. The van der Waals surface area contributed by atoms with Gasteiger partial charge in [-0.1, -0.05) is 32.9 Å². The first-order valence-corrected chi connectivity index (χ1v) is 9.43. The monoisotopic (exact) mass is 386 g/mol. The number of nitrogens with zero attached hydrogens (tertiary/aromatic N) is 3. The highest BCUT2D eigenvalue weighted by Gasteiger charge is 2.32. The van der Waals surface area contributed by atoms with Gasteiger partial charge in [-0.3, -0.25) is 4.79 Å². The van der Waals surface area contributed by atoms with Gasteiger partial charge in [-0.25, -0.2) is 14.4 Å². The van der Waals surface area contributed by atoms with Crippen molar-refractivity contribution in [2.75, 3.05) is 19.0 Å². The van der Waals surface area contributed by atoms with Crippen molar-refractivity contribution in [3.63, 3.8) is 0 Å². The van der Waals surface area contributed by atoms with Gasteiger partial charge in [-0.2, -0.15) is 0 Å². The number of methoxy groups -OCH3 is 1. The smallest absolute Gasteiger partial charge is 0.245 e. The van der Waals surface area contributed by atoms with Crippen LogP contribution in [0.4, 0.5) is 10.2 Å². The number of rotatable bonds is 6. The first-order valence-electron chi connectivity index (χ1n) is 9.43. The Morgan fingerprint density at radius 2 is 1.96 bits per heavy atom. The molecule has 3 rings (SSSR count). The Bertz CT molecular complexity index is 833. The standard InChI is InChI=1S/C21H27FN4O2/c1-21(2,3)20-23-16(13-28-4)11-18(25-20)24-17-9-10-26(19(17)27)12-14-5-7-15(22)8-6-14/h5-8,11,17H,9-10,12-13H2,1-4H3,(H,23,24,25). The SMILES string of the molecule is COCc1cc(NC2CCN(Cc3ccc(F)cc3)C2=O)nc(C(C)(C)C)n1. The minimum atomic E-state index is -0.335. The summed E-state index contributed by atoms with van der Waals surface area (Å²) in [6.07, 6.45) is 0.689. The molecule has 0 aliphatic carbocycles. The van der Waals surface area contributed by atoms with Crippen molar-refractivity contribution in [2.45, 2.75) is 51.8 Å². The predicted octanol–water partition coefficient (Wildman–Crippen LogP) is 3.27. The molecular formula is C21H27FN4O2. The fraction of sp³-hybridized carbons (Fsp3) is 0.476. The summed E-state index contributed by atoms with van der Waals surface area (Å²) >= 11 is 0. The number of carbonyl (C=O) groups is 1. The van der Waals surface area contributed by atoms with Crippen LogP contribution in [0.25, 0.3) is 0 Å².